The second-order valence-corrected chi connectivity index (χ2v) is 6.34. The Balaban J connectivity index is 1.87. The summed E-state index contributed by atoms with van der Waals surface area (Å²) in [6.07, 6.45) is 1.81. The maximum absolute atomic E-state index is 12.1. The minimum Gasteiger partial charge on any atom is -0.350 e. The largest absolute Gasteiger partial charge is 0.350 e. The molecule has 4 heteroatoms. The molecule has 0 aliphatic carbocycles. The molecule has 0 saturated carbocycles. The van der Waals surface area contributed by atoms with Crippen molar-refractivity contribution >= 4 is 33.4 Å². The van der Waals surface area contributed by atoms with Gasteiger partial charge in [0.15, 0.2) is 0 Å². The normalized spacial score (nSPS) is 12.0. The number of carbonyl (C=O) groups excluding carboxylic acids is 1. The number of amides is 1. The van der Waals surface area contributed by atoms with Gasteiger partial charge < -0.3 is 5.32 Å². The van der Waals surface area contributed by atoms with Crippen molar-refractivity contribution in [3.8, 4) is 0 Å². The lowest BCUT2D eigenvalue weighted by atomic mass is 10.1. The molecule has 2 rings (SSSR count). The molecule has 1 N–H and O–H groups in total. The molecule has 0 heterocycles. The molecule has 0 aliphatic rings. The fourth-order valence-corrected chi connectivity index (χ4v) is 2.54. The summed E-state index contributed by atoms with van der Waals surface area (Å²) in [5, 5.41) is 3.47. The lowest BCUT2D eigenvalue weighted by molar-refractivity contribution is 0.0938. The van der Waals surface area contributed by atoms with Gasteiger partial charge in [0.25, 0.3) is 5.91 Å². The van der Waals surface area contributed by atoms with E-state index in [2.05, 4.69) is 33.4 Å². The Morgan fingerprint density at radius 1 is 1.19 bits per heavy atom. The average molecular weight is 367 g/mol. The fourth-order valence-electron chi connectivity index (χ4n) is 2.05. The van der Waals surface area contributed by atoms with Crippen LogP contribution in [0.2, 0.25) is 5.02 Å². The van der Waals surface area contributed by atoms with Crippen molar-refractivity contribution < 1.29 is 4.79 Å². The molecular formula is C17H17BrClNO. The molecule has 1 unspecified atom stereocenters. The van der Waals surface area contributed by atoms with Crippen LogP contribution in [0.1, 0.15) is 29.3 Å². The second-order valence-electron chi connectivity index (χ2n) is 5.02. The summed E-state index contributed by atoms with van der Waals surface area (Å²) < 4.78 is 1.08. The van der Waals surface area contributed by atoms with Crippen molar-refractivity contribution in [2.75, 3.05) is 0 Å². The highest BCUT2D eigenvalue weighted by Crippen LogP contribution is 2.16. The predicted octanol–water partition coefficient (Wildman–Crippen LogP) is 4.85. The van der Waals surface area contributed by atoms with Crippen molar-refractivity contribution in [2.45, 2.75) is 25.8 Å². The van der Waals surface area contributed by atoms with E-state index in [-0.39, 0.29) is 11.9 Å². The monoisotopic (exact) mass is 365 g/mol. The molecule has 110 valence electrons. The molecule has 0 saturated heterocycles. The maximum atomic E-state index is 12.1. The third-order valence-corrected chi connectivity index (χ3v) is 4.13. The van der Waals surface area contributed by atoms with E-state index in [0.29, 0.717) is 10.6 Å². The highest BCUT2D eigenvalue weighted by Gasteiger charge is 2.12. The molecule has 2 aromatic carbocycles. The van der Waals surface area contributed by atoms with Crippen molar-refractivity contribution in [3.05, 3.63) is 69.2 Å². The van der Waals surface area contributed by atoms with E-state index >= 15 is 0 Å². The Morgan fingerprint density at radius 3 is 2.52 bits per heavy atom. The summed E-state index contributed by atoms with van der Waals surface area (Å²) in [5.41, 5.74) is 1.78. The predicted molar refractivity (Wildman–Crippen MR) is 90.8 cm³/mol. The van der Waals surface area contributed by atoms with E-state index in [4.69, 9.17) is 11.6 Å². The SMILES string of the molecule is CC(CCc1ccc(Br)cc1)NC(=O)c1ccccc1Cl. The van der Waals surface area contributed by atoms with Crippen LogP contribution in [0, 0.1) is 0 Å². The van der Waals surface area contributed by atoms with Crippen LogP contribution in [0.4, 0.5) is 0 Å². The zero-order valence-electron chi connectivity index (χ0n) is 11.8. The van der Waals surface area contributed by atoms with Gasteiger partial charge in [-0.05, 0) is 49.6 Å². The lowest BCUT2D eigenvalue weighted by Crippen LogP contribution is -2.33. The Bertz CT molecular complexity index is 612. The summed E-state index contributed by atoms with van der Waals surface area (Å²) >= 11 is 9.45. The van der Waals surface area contributed by atoms with Gasteiger partial charge in [-0.15, -0.1) is 0 Å². The zero-order valence-corrected chi connectivity index (χ0v) is 14.1. The molecule has 0 radical (unpaired) electrons. The van der Waals surface area contributed by atoms with Gasteiger partial charge in [0.05, 0.1) is 10.6 Å². The van der Waals surface area contributed by atoms with E-state index in [9.17, 15) is 4.79 Å². The van der Waals surface area contributed by atoms with Crippen molar-refractivity contribution in [3.63, 3.8) is 0 Å². The molecule has 0 aromatic heterocycles. The molecule has 1 atom stereocenters. The average Bonchev–Trinajstić information content (AvgIpc) is 2.47. The highest BCUT2D eigenvalue weighted by molar-refractivity contribution is 9.10. The van der Waals surface area contributed by atoms with E-state index in [0.717, 1.165) is 17.3 Å². The molecule has 0 aliphatic heterocycles. The molecule has 21 heavy (non-hydrogen) atoms. The zero-order chi connectivity index (χ0) is 15.2. The first-order valence-electron chi connectivity index (χ1n) is 6.86. The first-order valence-corrected chi connectivity index (χ1v) is 8.03. The molecule has 0 fully saturated rings. The highest BCUT2D eigenvalue weighted by atomic mass is 79.9. The van der Waals surface area contributed by atoms with Gasteiger partial charge in [-0.2, -0.15) is 0 Å². The summed E-state index contributed by atoms with van der Waals surface area (Å²) in [7, 11) is 0. The number of nitrogens with one attached hydrogen (secondary N) is 1. The van der Waals surface area contributed by atoms with Crippen LogP contribution in [0.5, 0.6) is 0 Å². The Hall–Kier alpha value is -1.32. The number of halogens is 2. The fraction of sp³-hybridized carbons (Fsp3) is 0.235. The quantitative estimate of drug-likeness (QED) is 0.805. The van der Waals surface area contributed by atoms with Crippen LogP contribution < -0.4 is 5.32 Å². The van der Waals surface area contributed by atoms with Crippen LogP contribution in [0.15, 0.2) is 53.0 Å². The maximum Gasteiger partial charge on any atom is 0.252 e. The van der Waals surface area contributed by atoms with Gasteiger partial charge in [-0.1, -0.05) is 51.8 Å². The van der Waals surface area contributed by atoms with E-state index in [1.54, 1.807) is 12.1 Å². The van der Waals surface area contributed by atoms with Gasteiger partial charge in [0, 0.05) is 10.5 Å². The van der Waals surface area contributed by atoms with Gasteiger partial charge >= 0.3 is 0 Å². The number of aryl methyl sites for hydroxylation is 1. The third kappa shape index (κ3) is 4.87. The molecule has 0 spiro atoms. The van der Waals surface area contributed by atoms with E-state index in [1.165, 1.54) is 5.56 Å². The number of rotatable bonds is 5. The van der Waals surface area contributed by atoms with Gasteiger partial charge in [-0.25, -0.2) is 0 Å². The Labute approximate surface area is 138 Å². The van der Waals surface area contributed by atoms with Crippen LogP contribution in [-0.2, 0) is 6.42 Å². The second kappa shape index (κ2) is 7.62. The molecule has 2 nitrogen and oxygen atoms in total. The molecular weight excluding hydrogens is 350 g/mol. The van der Waals surface area contributed by atoms with Crippen LogP contribution in [0.3, 0.4) is 0 Å². The Kier molecular flexibility index (Phi) is 5.83. The number of hydrogen-bond acceptors (Lipinski definition) is 1. The minimum absolute atomic E-state index is 0.0948. The van der Waals surface area contributed by atoms with Crippen molar-refractivity contribution in [1.29, 1.82) is 0 Å². The van der Waals surface area contributed by atoms with Gasteiger partial charge in [0.2, 0.25) is 0 Å². The third-order valence-electron chi connectivity index (χ3n) is 3.28. The van der Waals surface area contributed by atoms with Crippen molar-refractivity contribution in [1.82, 2.24) is 5.32 Å². The van der Waals surface area contributed by atoms with Crippen molar-refractivity contribution in [2.24, 2.45) is 0 Å². The standard InChI is InChI=1S/C17H17BrClNO/c1-12(6-7-13-8-10-14(18)11-9-13)20-17(21)15-4-2-3-5-16(15)19/h2-5,8-12H,6-7H2,1H3,(H,20,21). The summed E-state index contributed by atoms with van der Waals surface area (Å²) in [6.45, 7) is 2.01. The molecule has 0 bridgehead atoms. The number of hydrogen-bond donors (Lipinski definition) is 1. The first-order chi connectivity index (χ1) is 10.1. The Morgan fingerprint density at radius 2 is 1.86 bits per heavy atom. The smallest absolute Gasteiger partial charge is 0.252 e. The summed E-state index contributed by atoms with van der Waals surface area (Å²) in [4.78, 5) is 12.1. The van der Waals surface area contributed by atoms with Crippen LogP contribution in [-0.4, -0.2) is 11.9 Å². The summed E-state index contributed by atoms with van der Waals surface area (Å²) in [6, 6.07) is 15.4. The molecule has 2 aromatic rings. The number of carbonyl (C=O) groups is 1. The van der Waals surface area contributed by atoms with Crippen LogP contribution in [0.25, 0.3) is 0 Å². The van der Waals surface area contributed by atoms with Crippen LogP contribution >= 0.6 is 27.5 Å². The summed E-state index contributed by atoms with van der Waals surface area (Å²) in [5.74, 6) is -0.121. The topological polar surface area (TPSA) is 29.1 Å². The lowest BCUT2D eigenvalue weighted by Gasteiger charge is -2.14. The first kappa shape index (κ1) is 16.1. The van der Waals surface area contributed by atoms with Gasteiger partial charge in [0.1, 0.15) is 0 Å². The number of benzene rings is 2. The van der Waals surface area contributed by atoms with Gasteiger partial charge in [-0.3, -0.25) is 4.79 Å². The minimum atomic E-state index is -0.121. The van der Waals surface area contributed by atoms with E-state index in [1.807, 2.05) is 31.2 Å². The van der Waals surface area contributed by atoms with E-state index < -0.39 is 0 Å². The molecule has 1 amide bonds.